The maximum atomic E-state index is 12.7. The van der Waals surface area contributed by atoms with Crippen molar-refractivity contribution in [2.24, 2.45) is 0 Å². The predicted molar refractivity (Wildman–Crippen MR) is 71.9 cm³/mol. The Kier molecular flexibility index (Phi) is 4.57. The van der Waals surface area contributed by atoms with Gasteiger partial charge in [0, 0.05) is 6.07 Å². The number of para-hydroxylation sites is 2. The average molecular weight is 318 g/mol. The molecular weight excluding hydrogens is 307 g/mol. The molecule has 1 aromatic heterocycles. The zero-order valence-corrected chi connectivity index (χ0v) is 11.7. The molecule has 21 heavy (non-hydrogen) atoms. The average Bonchev–Trinajstić information content (AvgIpc) is 2.40. The summed E-state index contributed by atoms with van der Waals surface area (Å²) in [5.41, 5.74) is -0.925. The molecule has 112 valence electrons. The van der Waals surface area contributed by atoms with Crippen LogP contribution in [-0.2, 0) is 6.18 Å². The molecule has 0 bridgehead atoms. The van der Waals surface area contributed by atoms with Gasteiger partial charge >= 0.3 is 6.18 Å². The van der Waals surface area contributed by atoms with Gasteiger partial charge in [-0.3, -0.25) is 0 Å². The van der Waals surface area contributed by atoms with Gasteiger partial charge in [0.05, 0.1) is 12.2 Å². The van der Waals surface area contributed by atoms with Gasteiger partial charge in [-0.05, 0) is 25.1 Å². The van der Waals surface area contributed by atoms with E-state index in [4.69, 9.17) is 21.1 Å². The maximum absolute atomic E-state index is 12.7. The lowest BCUT2D eigenvalue weighted by atomic mass is 10.2. The lowest BCUT2D eigenvalue weighted by molar-refractivity contribution is -0.137. The monoisotopic (exact) mass is 317 g/mol. The lowest BCUT2D eigenvalue weighted by Gasteiger charge is -2.12. The number of rotatable bonds is 4. The highest BCUT2D eigenvalue weighted by Crippen LogP contribution is 2.35. The third-order valence-corrected chi connectivity index (χ3v) is 2.66. The van der Waals surface area contributed by atoms with E-state index in [1.807, 2.05) is 0 Å². The molecule has 1 aromatic carbocycles. The maximum Gasteiger partial charge on any atom is 0.416 e. The Bertz CT molecular complexity index is 632. The van der Waals surface area contributed by atoms with Crippen molar-refractivity contribution < 1.29 is 22.6 Å². The van der Waals surface area contributed by atoms with Crippen LogP contribution in [0.5, 0.6) is 17.4 Å². The summed E-state index contributed by atoms with van der Waals surface area (Å²) in [6.45, 7) is 2.19. The Morgan fingerprint density at radius 2 is 1.81 bits per heavy atom. The van der Waals surface area contributed by atoms with Gasteiger partial charge in [-0.25, -0.2) is 4.98 Å². The van der Waals surface area contributed by atoms with Crippen molar-refractivity contribution in [2.45, 2.75) is 13.1 Å². The van der Waals surface area contributed by atoms with Crippen LogP contribution in [0.1, 0.15) is 12.5 Å². The van der Waals surface area contributed by atoms with Crippen LogP contribution < -0.4 is 9.47 Å². The highest BCUT2D eigenvalue weighted by atomic mass is 35.5. The SMILES string of the molecule is CCOc1ccccc1Oc1cc(C(F)(F)F)cc(Cl)n1. The van der Waals surface area contributed by atoms with Gasteiger partial charge in [-0.1, -0.05) is 23.7 Å². The number of pyridine rings is 1. The van der Waals surface area contributed by atoms with Crippen LogP contribution in [0.15, 0.2) is 36.4 Å². The van der Waals surface area contributed by atoms with E-state index < -0.39 is 11.7 Å². The van der Waals surface area contributed by atoms with Crippen LogP contribution in [-0.4, -0.2) is 11.6 Å². The summed E-state index contributed by atoms with van der Waals surface area (Å²) in [5, 5.41) is -0.297. The largest absolute Gasteiger partial charge is 0.490 e. The van der Waals surface area contributed by atoms with Crippen molar-refractivity contribution >= 4 is 11.6 Å². The molecule has 0 unspecified atom stereocenters. The number of halogens is 4. The highest BCUT2D eigenvalue weighted by Gasteiger charge is 2.32. The number of hydrogen-bond donors (Lipinski definition) is 0. The minimum absolute atomic E-state index is 0.248. The molecule has 0 spiro atoms. The summed E-state index contributed by atoms with van der Waals surface area (Å²) < 4.78 is 48.8. The Labute approximate surface area is 124 Å². The summed E-state index contributed by atoms with van der Waals surface area (Å²) in [6, 6.07) is 8.14. The molecule has 2 rings (SSSR count). The van der Waals surface area contributed by atoms with Crippen molar-refractivity contribution in [3.05, 3.63) is 47.1 Å². The van der Waals surface area contributed by atoms with Crippen LogP contribution in [0.2, 0.25) is 5.15 Å². The third kappa shape index (κ3) is 4.01. The molecule has 0 fully saturated rings. The second kappa shape index (κ2) is 6.22. The van der Waals surface area contributed by atoms with Gasteiger partial charge in [0.25, 0.3) is 0 Å². The second-order valence-corrected chi connectivity index (χ2v) is 4.38. The van der Waals surface area contributed by atoms with E-state index in [9.17, 15) is 13.2 Å². The third-order valence-electron chi connectivity index (χ3n) is 2.46. The standard InChI is InChI=1S/C14H11ClF3NO2/c1-2-20-10-5-3-4-6-11(10)21-13-8-9(14(16,17)18)7-12(15)19-13/h3-8H,2H2,1H3. The molecule has 0 atom stereocenters. The summed E-state index contributed by atoms with van der Waals surface area (Å²) in [7, 11) is 0. The molecule has 7 heteroatoms. The van der Waals surface area contributed by atoms with E-state index >= 15 is 0 Å². The predicted octanol–water partition coefficient (Wildman–Crippen LogP) is 4.94. The molecule has 0 N–H and O–H groups in total. The van der Waals surface area contributed by atoms with Crippen LogP contribution in [0.3, 0.4) is 0 Å². The molecule has 0 aliphatic carbocycles. The zero-order chi connectivity index (χ0) is 15.5. The van der Waals surface area contributed by atoms with E-state index in [-0.39, 0.29) is 16.8 Å². The minimum atomic E-state index is -4.52. The van der Waals surface area contributed by atoms with E-state index in [2.05, 4.69) is 4.98 Å². The topological polar surface area (TPSA) is 31.4 Å². The molecule has 0 saturated carbocycles. The normalized spacial score (nSPS) is 11.3. The summed E-state index contributed by atoms with van der Waals surface area (Å²) in [5.74, 6) is 0.430. The van der Waals surface area contributed by atoms with E-state index in [0.717, 1.165) is 12.1 Å². The molecular formula is C14H11ClF3NO2. The number of alkyl halides is 3. The van der Waals surface area contributed by atoms with Gasteiger partial charge < -0.3 is 9.47 Å². The van der Waals surface area contributed by atoms with Crippen LogP contribution in [0, 0.1) is 0 Å². The van der Waals surface area contributed by atoms with E-state index in [1.165, 1.54) is 0 Å². The Morgan fingerprint density at radius 1 is 1.14 bits per heavy atom. The summed E-state index contributed by atoms with van der Waals surface area (Å²) >= 11 is 5.60. The van der Waals surface area contributed by atoms with Crippen molar-refractivity contribution in [1.29, 1.82) is 0 Å². The molecule has 0 amide bonds. The first-order valence-corrected chi connectivity index (χ1v) is 6.42. The first-order chi connectivity index (χ1) is 9.90. The Hall–Kier alpha value is -1.95. The molecule has 0 aliphatic heterocycles. The van der Waals surface area contributed by atoms with Crippen LogP contribution in [0.4, 0.5) is 13.2 Å². The molecule has 0 aliphatic rings. The number of ether oxygens (including phenoxy) is 2. The zero-order valence-electron chi connectivity index (χ0n) is 10.9. The molecule has 1 heterocycles. The number of benzene rings is 1. The first-order valence-electron chi connectivity index (χ1n) is 6.04. The fourth-order valence-electron chi connectivity index (χ4n) is 1.61. The molecule has 0 saturated heterocycles. The summed E-state index contributed by atoms with van der Waals surface area (Å²) in [6.07, 6.45) is -4.52. The highest BCUT2D eigenvalue weighted by molar-refractivity contribution is 6.29. The van der Waals surface area contributed by atoms with Crippen molar-refractivity contribution in [3.63, 3.8) is 0 Å². The van der Waals surface area contributed by atoms with Gasteiger partial charge in [0.15, 0.2) is 11.5 Å². The lowest BCUT2D eigenvalue weighted by Crippen LogP contribution is -2.06. The number of aromatic nitrogens is 1. The van der Waals surface area contributed by atoms with E-state index in [1.54, 1.807) is 31.2 Å². The van der Waals surface area contributed by atoms with Gasteiger partial charge in [-0.2, -0.15) is 13.2 Å². The van der Waals surface area contributed by atoms with Gasteiger partial charge in [-0.15, -0.1) is 0 Å². The summed E-state index contributed by atoms with van der Waals surface area (Å²) in [4.78, 5) is 3.73. The van der Waals surface area contributed by atoms with Crippen LogP contribution in [0.25, 0.3) is 0 Å². The fourth-order valence-corrected chi connectivity index (χ4v) is 1.81. The minimum Gasteiger partial charge on any atom is -0.490 e. The number of nitrogens with zero attached hydrogens (tertiary/aromatic N) is 1. The Balaban J connectivity index is 2.34. The van der Waals surface area contributed by atoms with Crippen molar-refractivity contribution in [1.82, 2.24) is 4.98 Å². The van der Waals surface area contributed by atoms with Gasteiger partial charge in [0.2, 0.25) is 5.88 Å². The smallest absolute Gasteiger partial charge is 0.416 e. The van der Waals surface area contributed by atoms with Gasteiger partial charge in [0.1, 0.15) is 5.15 Å². The number of hydrogen-bond acceptors (Lipinski definition) is 3. The molecule has 0 radical (unpaired) electrons. The van der Waals surface area contributed by atoms with Crippen molar-refractivity contribution in [2.75, 3.05) is 6.61 Å². The molecule has 3 nitrogen and oxygen atoms in total. The quantitative estimate of drug-likeness (QED) is 0.748. The fraction of sp³-hybridized carbons (Fsp3) is 0.214. The van der Waals surface area contributed by atoms with E-state index in [0.29, 0.717) is 12.4 Å². The molecule has 2 aromatic rings. The van der Waals surface area contributed by atoms with Crippen LogP contribution >= 0.6 is 11.6 Å². The van der Waals surface area contributed by atoms with Crippen molar-refractivity contribution in [3.8, 4) is 17.4 Å². The second-order valence-electron chi connectivity index (χ2n) is 4.00. The Morgan fingerprint density at radius 3 is 2.43 bits per heavy atom. The first kappa shape index (κ1) is 15.4.